The highest BCUT2D eigenvalue weighted by Gasteiger charge is 2.41. The number of carboxylic acid groups (broad SMARTS) is 1. The maximum atomic E-state index is 11.6. The van der Waals surface area contributed by atoms with Crippen molar-refractivity contribution in [3.05, 3.63) is 23.8 Å². The van der Waals surface area contributed by atoms with E-state index in [9.17, 15) is 14.7 Å². The van der Waals surface area contributed by atoms with E-state index < -0.39 is 11.5 Å². The van der Waals surface area contributed by atoms with Gasteiger partial charge in [-0.2, -0.15) is 0 Å². The first-order valence-corrected chi connectivity index (χ1v) is 5.56. The number of carbonyl (C=O) groups excluding carboxylic acids is 1. The van der Waals surface area contributed by atoms with Crippen molar-refractivity contribution in [1.29, 1.82) is 0 Å². The van der Waals surface area contributed by atoms with Gasteiger partial charge in [-0.15, -0.1) is 0 Å². The summed E-state index contributed by atoms with van der Waals surface area (Å²) < 4.78 is 10.3. The molecule has 0 aliphatic carbocycles. The Morgan fingerprint density at radius 2 is 2.00 bits per heavy atom. The van der Waals surface area contributed by atoms with E-state index in [1.807, 2.05) is 0 Å². The van der Waals surface area contributed by atoms with Crippen LogP contribution in [0.15, 0.2) is 18.2 Å². The SMILES string of the molecule is COc1ccc(OC)c(C(C)(C(=O)O)N(C)C=O)c1. The smallest absolute Gasteiger partial charge is 0.334 e. The summed E-state index contributed by atoms with van der Waals surface area (Å²) in [6, 6.07) is 4.81. The molecule has 1 aromatic carbocycles. The Bertz CT molecular complexity index is 488. The highest BCUT2D eigenvalue weighted by Crippen LogP contribution is 2.36. The van der Waals surface area contributed by atoms with Crippen LogP contribution in [0.2, 0.25) is 0 Å². The lowest BCUT2D eigenvalue weighted by Crippen LogP contribution is -2.47. The van der Waals surface area contributed by atoms with Crippen LogP contribution in [-0.2, 0) is 15.1 Å². The molecule has 6 heteroatoms. The maximum absolute atomic E-state index is 11.6. The predicted octanol–water partition coefficient (Wildman–Crippen LogP) is 1.09. The molecule has 0 saturated heterocycles. The lowest BCUT2D eigenvalue weighted by molar-refractivity contribution is -0.153. The van der Waals surface area contributed by atoms with Crippen molar-refractivity contribution in [2.45, 2.75) is 12.5 Å². The average Bonchev–Trinajstić information content (AvgIpc) is 2.44. The van der Waals surface area contributed by atoms with Gasteiger partial charge in [0.25, 0.3) is 0 Å². The van der Waals surface area contributed by atoms with E-state index in [2.05, 4.69) is 0 Å². The van der Waals surface area contributed by atoms with Gasteiger partial charge in [-0.25, -0.2) is 4.79 Å². The first-order valence-electron chi connectivity index (χ1n) is 5.56. The summed E-state index contributed by atoms with van der Waals surface area (Å²) in [4.78, 5) is 23.6. The van der Waals surface area contributed by atoms with Crippen LogP contribution in [0.5, 0.6) is 11.5 Å². The Morgan fingerprint density at radius 1 is 1.37 bits per heavy atom. The number of aliphatic carboxylic acids is 1. The average molecular weight is 267 g/mol. The fourth-order valence-electron chi connectivity index (χ4n) is 1.76. The lowest BCUT2D eigenvalue weighted by atomic mass is 9.89. The van der Waals surface area contributed by atoms with E-state index in [1.165, 1.54) is 28.2 Å². The molecule has 6 nitrogen and oxygen atoms in total. The van der Waals surface area contributed by atoms with Gasteiger partial charge in [-0.1, -0.05) is 0 Å². The maximum Gasteiger partial charge on any atom is 0.334 e. The molecule has 0 saturated carbocycles. The molecular weight excluding hydrogens is 250 g/mol. The quantitative estimate of drug-likeness (QED) is 0.781. The first-order chi connectivity index (χ1) is 8.91. The van der Waals surface area contributed by atoms with Gasteiger partial charge in [0.15, 0.2) is 5.54 Å². The van der Waals surface area contributed by atoms with Crippen LogP contribution in [0.3, 0.4) is 0 Å². The predicted molar refractivity (Wildman–Crippen MR) is 68.4 cm³/mol. The second-order valence-electron chi connectivity index (χ2n) is 4.16. The normalized spacial score (nSPS) is 13.3. The summed E-state index contributed by atoms with van der Waals surface area (Å²) >= 11 is 0. The number of hydrogen-bond acceptors (Lipinski definition) is 4. The van der Waals surface area contributed by atoms with Gasteiger partial charge >= 0.3 is 5.97 Å². The van der Waals surface area contributed by atoms with Crippen molar-refractivity contribution in [2.24, 2.45) is 0 Å². The summed E-state index contributed by atoms with van der Waals surface area (Å²) in [6.45, 7) is 1.43. The fourth-order valence-corrected chi connectivity index (χ4v) is 1.76. The van der Waals surface area contributed by atoms with Gasteiger partial charge in [0.2, 0.25) is 6.41 Å². The summed E-state index contributed by atoms with van der Waals surface area (Å²) in [5.41, 5.74) is -1.20. The minimum atomic E-state index is -1.54. The molecule has 1 amide bonds. The van der Waals surface area contributed by atoms with Crippen molar-refractivity contribution >= 4 is 12.4 Å². The number of amides is 1. The van der Waals surface area contributed by atoms with Gasteiger partial charge in [0.05, 0.1) is 14.2 Å². The molecule has 0 spiro atoms. The van der Waals surface area contributed by atoms with Gasteiger partial charge in [0, 0.05) is 12.6 Å². The Balaban J connectivity index is 3.53. The van der Waals surface area contributed by atoms with E-state index in [0.29, 0.717) is 23.5 Å². The standard InChI is InChI=1S/C13H17NO5/c1-13(12(16)17,14(2)8-15)10-7-9(18-3)5-6-11(10)19-4/h5-8H,1-4H3,(H,16,17). The van der Waals surface area contributed by atoms with Crippen molar-refractivity contribution in [1.82, 2.24) is 4.90 Å². The van der Waals surface area contributed by atoms with Crippen LogP contribution in [0, 0.1) is 0 Å². The van der Waals surface area contributed by atoms with E-state index in [1.54, 1.807) is 18.2 Å². The molecule has 1 unspecified atom stereocenters. The van der Waals surface area contributed by atoms with Gasteiger partial charge < -0.3 is 19.5 Å². The lowest BCUT2D eigenvalue weighted by Gasteiger charge is -2.33. The first kappa shape index (κ1) is 14.8. The van der Waals surface area contributed by atoms with Crippen LogP contribution in [0.1, 0.15) is 12.5 Å². The van der Waals surface area contributed by atoms with Crippen molar-refractivity contribution in [2.75, 3.05) is 21.3 Å². The van der Waals surface area contributed by atoms with Crippen LogP contribution in [-0.4, -0.2) is 43.7 Å². The third kappa shape index (κ3) is 2.47. The van der Waals surface area contributed by atoms with Crippen LogP contribution < -0.4 is 9.47 Å². The van der Waals surface area contributed by atoms with E-state index in [4.69, 9.17) is 9.47 Å². The Morgan fingerprint density at radius 3 is 2.42 bits per heavy atom. The number of nitrogens with zero attached hydrogens (tertiary/aromatic N) is 1. The molecule has 1 N–H and O–H groups in total. The highest BCUT2D eigenvalue weighted by molar-refractivity contribution is 5.84. The highest BCUT2D eigenvalue weighted by atomic mass is 16.5. The summed E-state index contributed by atoms with van der Waals surface area (Å²) in [7, 11) is 4.32. The Hall–Kier alpha value is -2.24. The summed E-state index contributed by atoms with van der Waals surface area (Å²) in [5, 5.41) is 9.47. The number of methoxy groups -OCH3 is 2. The van der Waals surface area contributed by atoms with Gasteiger partial charge in [-0.3, -0.25) is 4.79 Å². The third-order valence-electron chi connectivity index (χ3n) is 3.21. The monoisotopic (exact) mass is 267 g/mol. The molecular formula is C13H17NO5. The van der Waals surface area contributed by atoms with Gasteiger partial charge in [-0.05, 0) is 25.1 Å². The largest absolute Gasteiger partial charge is 0.497 e. The number of hydrogen-bond donors (Lipinski definition) is 1. The molecule has 0 aliphatic heterocycles. The molecule has 19 heavy (non-hydrogen) atoms. The molecule has 0 fully saturated rings. The van der Waals surface area contributed by atoms with E-state index in [-0.39, 0.29) is 0 Å². The summed E-state index contributed by atoms with van der Waals surface area (Å²) in [6.07, 6.45) is 0.465. The second-order valence-corrected chi connectivity index (χ2v) is 4.16. The van der Waals surface area contributed by atoms with Crippen LogP contribution in [0.25, 0.3) is 0 Å². The van der Waals surface area contributed by atoms with Crippen molar-refractivity contribution in [3.63, 3.8) is 0 Å². The molecule has 1 rings (SSSR count). The number of carboxylic acids is 1. The molecule has 0 aliphatic rings. The van der Waals surface area contributed by atoms with Crippen molar-refractivity contribution < 1.29 is 24.2 Å². The van der Waals surface area contributed by atoms with E-state index >= 15 is 0 Å². The minimum absolute atomic E-state index is 0.344. The number of ether oxygens (including phenoxy) is 2. The molecule has 104 valence electrons. The van der Waals surface area contributed by atoms with E-state index in [0.717, 1.165) is 4.90 Å². The molecule has 0 heterocycles. The Labute approximate surface area is 111 Å². The second kappa shape index (κ2) is 5.60. The van der Waals surface area contributed by atoms with Crippen molar-refractivity contribution in [3.8, 4) is 11.5 Å². The molecule has 0 bridgehead atoms. The number of carbonyl (C=O) groups is 2. The van der Waals surface area contributed by atoms with Crippen LogP contribution >= 0.6 is 0 Å². The van der Waals surface area contributed by atoms with Crippen LogP contribution in [0.4, 0.5) is 0 Å². The zero-order valence-corrected chi connectivity index (χ0v) is 11.3. The Kier molecular flexibility index (Phi) is 4.37. The minimum Gasteiger partial charge on any atom is -0.497 e. The molecule has 1 aromatic rings. The zero-order chi connectivity index (χ0) is 14.6. The molecule has 0 radical (unpaired) electrons. The molecule has 0 aromatic heterocycles. The number of benzene rings is 1. The number of rotatable bonds is 6. The zero-order valence-electron chi connectivity index (χ0n) is 11.3. The summed E-state index contributed by atoms with van der Waals surface area (Å²) in [5.74, 6) is -0.296. The fraction of sp³-hybridized carbons (Fsp3) is 0.385. The topological polar surface area (TPSA) is 76.1 Å². The number of likely N-dealkylation sites (N-methyl/N-ethyl adjacent to an activating group) is 1. The third-order valence-corrected chi connectivity index (χ3v) is 3.21. The van der Waals surface area contributed by atoms with Gasteiger partial charge in [0.1, 0.15) is 11.5 Å². The molecule has 1 atom stereocenters.